The first-order valence-electron chi connectivity index (χ1n) is 12.7. The Morgan fingerprint density at radius 1 is 1.07 bits per heavy atom. The van der Waals surface area contributed by atoms with Crippen LogP contribution in [-0.4, -0.2) is 59.9 Å². The number of anilines is 2. The molecule has 1 aliphatic heterocycles. The van der Waals surface area contributed by atoms with Crippen molar-refractivity contribution >= 4 is 40.9 Å². The number of amides is 1. The maximum atomic E-state index is 14.1. The second-order valence-corrected chi connectivity index (χ2v) is 11.1. The fourth-order valence-electron chi connectivity index (χ4n) is 4.30. The fraction of sp³-hybridized carbons (Fsp3) is 0.393. The van der Waals surface area contributed by atoms with Gasteiger partial charge in [-0.3, -0.25) is 0 Å². The minimum absolute atomic E-state index is 0.116. The van der Waals surface area contributed by atoms with E-state index in [9.17, 15) is 9.18 Å². The summed E-state index contributed by atoms with van der Waals surface area (Å²) < 4.78 is 31.2. The number of pyridine rings is 2. The zero-order valence-corrected chi connectivity index (χ0v) is 24.5. The van der Waals surface area contributed by atoms with Gasteiger partial charge in [-0.1, -0.05) is 23.2 Å². The van der Waals surface area contributed by atoms with E-state index < -0.39 is 17.5 Å². The summed E-state index contributed by atoms with van der Waals surface area (Å²) in [6.07, 6.45) is 2.20. The second-order valence-electron chi connectivity index (χ2n) is 10.3. The van der Waals surface area contributed by atoms with Crippen LogP contribution >= 0.6 is 23.2 Å². The van der Waals surface area contributed by atoms with Gasteiger partial charge in [-0.05, 0) is 52.0 Å². The highest BCUT2D eigenvalue weighted by molar-refractivity contribution is 6.36. The van der Waals surface area contributed by atoms with Gasteiger partial charge in [-0.25, -0.2) is 19.2 Å². The fourth-order valence-corrected chi connectivity index (χ4v) is 4.98. The highest BCUT2D eigenvalue weighted by atomic mass is 35.5. The molecule has 1 fully saturated rings. The van der Waals surface area contributed by atoms with Gasteiger partial charge in [0, 0.05) is 54.1 Å². The molecule has 3 aromatic rings. The number of piperazine rings is 1. The Morgan fingerprint density at radius 2 is 1.77 bits per heavy atom. The van der Waals surface area contributed by atoms with Gasteiger partial charge in [0.1, 0.15) is 29.1 Å². The summed E-state index contributed by atoms with van der Waals surface area (Å²) in [6.45, 7) is 9.40. The van der Waals surface area contributed by atoms with Crippen LogP contribution in [0.2, 0.25) is 10.0 Å². The van der Waals surface area contributed by atoms with E-state index in [-0.39, 0.29) is 27.7 Å². The van der Waals surface area contributed by atoms with Crippen molar-refractivity contribution in [3.63, 3.8) is 0 Å². The van der Waals surface area contributed by atoms with E-state index in [0.29, 0.717) is 54.4 Å². The number of benzene rings is 1. The number of nitrogens with zero attached hydrogens (tertiary/aromatic N) is 4. The standard InChI is InChI=1S/C28H32Cl2FN5O4/c1-16(24-19(29)6-7-20(31)25(24)30)39-21-12-17(14-34-26(21)32)18-13-23(33-15-22(18)38-5)35-8-10-36(11-9-35)27(37)40-28(2,3)4/h6-7,12-16H,8-11H2,1-5H3,(H2,32,34)/t16-/m1/s1. The minimum Gasteiger partial charge on any atom is -0.494 e. The number of halogens is 3. The summed E-state index contributed by atoms with van der Waals surface area (Å²) in [4.78, 5) is 25.1. The van der Waals surface area contributed by atoms with E-state index in [4.69, 9.17) is 43.1 Å². The molecule has 4 rings (SSSR count). The first-order valence-corrected chi connectivity index (χ1v) is 13.5. The minimum atomic E-state index is -0.716. The third-order valence-electron chi connectivity index (χ3n) is 6.31. The lowest BCUT2D eigenvalue weighted by molar-refractivity contribution is 0.0240. The number of hydrogen-bond acceptors (Lipinski definition) is 8. The van der Waals surface area contributed by atoms with Gasteiger partial charge in [-0.2, -0.15) is 0 Å². The molecule has 0 unspecified atom stereocenters. The number of carbonyl (C=O) groups excluding carboxylic acids is 1. The average molecular weight is 592 g/mol. The molecule has 1 aromatic carbocycles. The van der Waals surface area contributed by atoms with Crippen molar-refractivity contribution < 1.29 is 23.4 Å². The molecule has 40 heavy (non-hydrogen) atoms. The molecule has 0 spiro atoms. The number of ether oxygens (including phenoxy) is 3. The molecule has 3 heterocycles. The van der Waals surface area contributed by atoms with Crippen molar-refractivity contribution in [3.8, 4) is 22.6 Å². The predicted molar refractivity (Wildman–Crippen MR) is 154 cm³/mol. The normalized spacial score (nSPS) is 14.6. The third-order valence-corrected chi connectivity index (χ3v) is 7.02. The molecule has 1 amide bonds. The van der Waals surface area contributed by atoms with E-state index >= 15 is 0 Å². The van der Waals surface area contributed by atoms with Crippen molar-refractivity contribution in [2.45, 2.75) is 39.4 Å². The zero-order valence-electron chi connectivity index (χ0n) is 23.0. The van der Waals surface area contributed by atoms with Crippen molar-refractivity contribution in [3.05, 3.63) is 58.1 Å². The van der Waals surface area contributed by atoms with E-state index in [1.807, 2.05) is 26.8 Å². The summed E-state index contributed by atoms with van der Waals surface area (Å²) in [5.74, 6) is 1.06. The molecule has 1 aliphatic rings. The molecule has 9 nitrogen and oxygen atoms in total. The van der Waals surface area contributed by atoms with Crippen LogP contribution in [0.3, 0.4) is 0 Å². The van der Waals surface area contributed by atoms with Gasteiger partial charge in [0.15, 0.2) is 11.6 Å². The molecule has 2 aromatic heterocycles. The quantitative estimate of drug-likeness (QED) is 0.329. The lowest BCUT2D eigenvalue weighted by atomic mass is 10.1. The maximum Gasteiger partial charge on any atom is 0.410 e. The van der Waals surface area contributed by atoms with Crippen LogP contribution < -0.4 is 20.1 Å². The van der Waals surface area contributed by atoms with Crippen LogP contribution in [0, 0.1) is 5.82 Å². The topological polar surface area (TPSA) is 103 Å². The number of aromatic nitrogens is 2. The summed E-state index contributed by atoms with van der Waals surface area (Å²) in [5.41, 5.74) is 7.26. The van der Waals surface area contributed by atoms with Crippen molar-refractivity contribution in [1.29, 1.82) is 0 Å². The molecule has 1 atom stereocenters. The Morgan fingerprint density at radius 3 is 2.42 bits per heavy atom. The molecule has 0 aliphatic carbocycles. The van der Waals surface area contributed by atoms with Crippen molar-refractivity contribution in [2.24, 2.45) is 0 Å². The lowest BCUT2D eigenvalue weighted by Gasteiger charge is -2.36. The molecule has 1 saturated heterocycles. The number of rotatable bonds is 6. The Kier molecular flexibility index (Phi) is 8.80. The molecule has 214 valence electrons. The van der Waals surface area contributed by atoms with Crippen LogP contribution in [-0.2, 0) is 4.74 Å². The van der Waals surface area contributed by atoms with Gasteiger partial charge in [0.25, 0.3) is 0 Å². The van der Waals surface area contributed by atoms with E-state index in [0.717, 1.165) is 0 Å². The Bertz CT molecular complexity index is 1390. The lowest BCUT2D eigenvalue weighted by Crippen LogP contribution is -2.50. The number of carbonyl (C=O) groups is 1. The summed E-state index contributed by atoms with van der Waals surface area (Å²) >= 11 is 12.4. The van der Waals surface area contributed by atoms with E-state index in [1.165, 1.54) is 12.1 Å². The summed E-state index contributed by atoms with van der Waals surface area (Å²) in [6, 6.07) is 6.24. The zero-order chi connectivity index (χ0) is 29.2. The summed E-state index contributed by atoms with van der Waals surface area (Å²) in [5, 5.41) is 0.156. The largest absolute Gasteiger partial charge is 0.494 e. The monoisotopic (exact) mass is 591 g/mol. The van der Waals surface area contributed by atoms with Crippen LogP contribution in [0.1, 0.15) is 39.4 Å². The maximum absolute atomic E-state index is 14.1. The second kappa shape index (κ2) is 11.9. The smallest absolute Gasteiger partial charge is 0.410 e. The van der Waals surface area contributed by atoms with Gasteiger partial charge in [-0.15, -0.1) is 0 Å². The first kappa shape index (κ1) is 29.5. The van der Waals surface area contributed by atoms with Crippen molar-refractivity contribution in [2.75, 3.05) is 43.9 Å². The number of hydrogen-bond donors (Lipinski definition) is 1. The van der Waals surface area contributed by atoms with Gasteiger partial charge in [0.2, 0.25) is 0 Å². The van der Waals surface area contributed by atoms with Crippen LogP contribution in [0.4, 0.5) is 20.8 Å². The van der Waals surface area contributed by atoms with Crippen LogP contribution in [0.15, 0.2) is 36.7 Å². The Balaban J connectivity index is 1.57. The van der Waals surface area contributed by atoms with Gasteiger partial charge >= 0.3 is 6.09 Å². The molecular formula is C28H32Cl2FN5O4. The number of nitrogens with two attached hydrogens (primary N) is 1. The highest BCUT2D eigenvalue weighted by Crippen LogP contribution is 2.39. The molecule has 2 N–H and O–H groups in total. The van der Waals surface area contributed by atoms with Crippen molar-refractivity contribution in [1.82, 2.24) is 14.9 Å². The van der Waals surface area contributed by atoms with E-state index in [2.05, 4.69) is 14.9 Å². The highest BCUT2D eigenvalue weighted by Gasteiger charge is 2.27. The van der Waals surface area contributed by atoms with Gasteiger partial charge in [0.05, 0.1) is 18.3 Å². The Labute approximate surface area is 242 Å². The van der Waals surface area contributed by atoms with Gasteiger partial charge < -0.3 is 29.7 Å². The molecule has 0 radical (unpaired) electrons. The Hall–Kier alpha value is -3.50. The number of nitrogen functional groups attached to an aromatic ring is 1. The van der Waals surface area contributed by atoms with Crippen LogP contribution in [0.5, 0.6) is 11.5 Å². The average Bonchev–Trinajstić information content (AvgIpc) is 2.91. The summed E-state index contributed by atoms with van der Waals surface area (Å²) in [7, 11) is 1.55. The molecule has 12 heteroatoms. The predicted octanol–water partition coefficient (Wildman–Crippen LogP) is 6.38. The SMILES string of the molecule is COc1cnc(N2CCN(C(=O)OC(C)(C)C)CC2)cc1-c1cnc(N)c(O[C@H](C)c2c(Cl)ccc(F)c2Cl)c1. The molecular weight excluding hydrogens is 560 g/mol. The molecule has 0 bridgehead atoms. The first-order chi connectivity index (χ1) is 18.9. The molecule has 0 saturated carbocycles. The van der Waals surface area contributed by atoms with Crippen LogP contribution in [0.25, 0.3) is 11.1 Å². The third kappa shape index (κ3) is 6.62. The number of methoxy groups -OCH3 is 1. The van der Waals surface area contributed by atoms with E-state index in [1.54, 1.807) is 37.4 Å².